The predicted molar refractivity (Wildman–Crippen MR) is 192 cm³/mol. The number of amides is 1. The Hall–Kier alpha value is -3.27. The Morgan fingerprint density at radius 1 is 1.02 bits per heavy atom. The van der Waals surface area contributed by atoms with Gasteiger partial charge in [0.2, 0.25) is 11.7 Å². The minimum Gasteiger partial charge on any atom is -0.496 e. The zero-order valence-corrected chi connectivity index (χ0v) is 32.0. The summed E-state index contributed by atoms with van der Waals surface area (Å²) in [6.07, 6.45) is 3.79. The summed E-state index contributed by atoms with van der Waals surface area (Å²) in [6.45, 7) is 13.7. The van der Waals surface area contributed by atoms with Crippen LogP contribution < -0.4 is 9.47 Å². The monoisotopic (exact) mass is 714 g/mol. The number of carbonyl (C=O) groups is 5. The summed E-state index contributed by atoms with van der Waals surface area (Å²) >= 11 is 6.48. The number of ketones is 4. The maximum absolute atomic E-state index is 14.7. The fraction of sp³-hybridized carbons (Fsp3) is 0.692. The second-order valence-corrected chi connectivity index (χ2v) is 17.3. The van der Waals surface area contributed by atoms with Crippen LogP contribution in [0.25, 0.3) is 0 Å². The maximum atomic E-state index is 14.7. The Kier molecular flexibility index (Phi) is 12.3. The lowest BCUT2D eigenvalue weighted by Crippen LogP contribution is -2.48. The SMILES string of the molecule is CCC[C@H](CC(=O)[C@@H]1C[C@]2(CC(c3cc(Cl)c(OC)cc3OC)=NO2)CN1C(=O)[C@@H](CC(=O)CC(C)(C)C)C(C)(C)C)C(=O)C(=O)CC1CC1. The van der Waals surface area contributed by atoms with E-state index in [1.807, 2.05) is 48.5 Å². The van der Waals surface area contributed by atoms with Gasteiger partial charge in [-0.2, -0.15) is 0 Å². The molecule has 1 aromatic rings. The fourth-order valence-electron chi connectivity index (χ4n) is 7.23. The van der Waals surface area contributed by atoms with E-state index in [0.29, 0.717) is 47.1 Å². The average molecular weight is 715 g/mol. The van der Waals surface area contributed by atoms with Gasteiger partial charge in [0.25, 0.3) is 0 Å². The number of oxime groups is 1. The van der Waals surface area contributed by atoms with E-state index in [1.165, 1.54) is 14.2 Å². The molecular weight excluding hydrogens is 660 g/mol. The van der Waals surface area contributed by atoms with Gasteiger partial charge in [-0.05, 0) is 42.1 Å². The molecule has 0 unspecified atom stereocenters. The molecule has 0 bridgehead atoms. The van der Waals surface area contributed by atoms with Crippen molar-refractivity contribution in [2.75, 3.05) is 20.8 Å². The van der Waals surface area contributed by atoms with E-state index in [2.05, 4.69) is 5.16 Å². The van der Waals surface area contributed by atoms with Gasteiger partial charge in [-0.15, -0.1) is 0 Å². The summed E-state index contributed by atoms with van der Waals surface area (Å²) in [5.74, 6) is -1.80. The third-order valence-corrected chi connectivity index (χ3v) is 10.4. The van der Waals surface area contributed by atoms with Crippen LogP contribution in [0.5, 0.6) is 11.5 Å². The number of nitrogens with zero attached hydrogens (tertiary/aromatic N) is 2. The largest absolute Gasteiger partial charge is 0.496 e. The number of likely N-dealkylation sites (tertiary alicyclic amines) is 1. The highest BCUT2D eigenvalue weighted by molar-refractivity contribution is 6.38. The van der Waals surface area contributed by atoms with Crippen molar-refractivity contribution in [3.05, 3.63) is 22.7 Å². The molecule has 11 heteroatoms. The molecule has 1 spiro atoms. The lowest BCUT2D eigenvalue weighted by Gasteiger charge is -2.35. The van der Waals surface area contributed by atoms with Crippen molar-refractivity contribution in [3.63, 3.8) is 0 Å². The lowest BCUT2D eigenvalue weighted by molar-refractivity contribution is -0.147. The van der Waals surface area contributed by atoms with Crippen LogP contribution in [0.3, 0.4) is 0 Å². The predicted octanol–water partition coefficient (Wildman–Crippen LogP) is 7.19. The molecule has 4 atom stereocenters. The summed E-state index contributed by atoms with van der Waals surface area (Å²) in [5, 5.41) is 4.79. The number of hydrogen-bond donors (Lipinski definition) is 0. The van der Waals surface area contributed by atoms with Gasteiger partial charge >= 0.3 is 0 Å². The molecule has 1 saturated heterocycles. The van der Waals surface area contributed by atoms with Crippen LogP contribution in [0.2, 0.25) is 5.02 Å². The molecule has 10 nitrogen and oxygen atoms in total. The van der Waals surface area contributed by atoms with Crippen LogP contribution in [-0.4, -0.2) is 72.1 Å². The Balaban J connectivity index is 1.66. The normalized spacial score (nSPS) is 21.8. The number of rotatable bonds is 16. The third-order valence-electron chi connectivity index (χ3n) is 10.1. The van der Waals surface area contributed by atoms with Crippen molar-refractivity contribution in [2.45, 2.75) is 124 Å². The minimum absolute atomic E-state index is 0.0171. The van der Waals surface area contributed by atoms with Gasteiger partial charge in [-0.3, -0.25) is 24.0 Å². The van der Waals surface area contributed by atoms with Crippen LogP contribution in [-0.2, 0) is 28.8 Å². The zero-order chi connectivity index (χ0) is 37.2. The molecule has 0 radical (unpaired) electrons. The number of methoxy groups -OCH3 is 2. The number of Topliss-reactive ketones (excluding diaryl/α,β-unsaturated/α-hetero) is 4. The van der Waals surface area contributed by atoms with Crippen LogP contribution in [0.4, 0.5) is 0 Å². The van der Waals surface area contributed by atoms with Crippen LogP contribution in [0, 0.1) is 28.6 Å². The highest BCUT2D eigenvalue weighted by atomic mass is 35.5. The van der Waals surface area contributed by atoms with Crippen LogP contribution >= 0.6 is 11.6 Å². The topological polar surface area (TPSA) is 129 Å². The van der Waals surface area contributed by atoms with Gasteiger partial charge in [-0.25, -0.2) is 0 Å². The summed E-state index contributed by atoms with van der Waals surface area (Å²) in [7, 11) is 3.04. The molecule has 4 rings (SSSR count). The first-order chi connectivity index (χ1) is 23.3. The number of benzene rings is 1. The van der Waals surface area contributed by atoms with Gasteiger partial charge in [-0.1, -0.05) is 71.6 Å². The molecule has 50 heavy (non-hydrogen) atoms. The molecule has 2 heterocycles. The molecule has 0 N–H and O–H groups in total. The summed E-state index contributed by atoms with van der Waals surface area (Å²) < 4.78 is 11.0. The van der Waals surface area contributed by atoms with Crippen molar-refractivity contribution in [2.24, 2.45) is 33.7 Å². The standard InChI is InChI=1S/C39H55ClN2O8/c1-10-11-24(35(46)32(45)14-23-12-13-23)15-31(44)30-21-39(20-29(41-50-39)26-17-28(40)34(49-9)18-33(26)48-8)22-42(30)36(47)27(38(5,6)7)16-25(43)19-37(2,3)4/h17-18,23-24,27,30H,10-16,19-22H2,1-9H3/t24-,27-,30+,39-/m1/s1. The quantitative estimate of drug-likeness (QED) is 0.165. The lowest BCUT2D eigenvalue weighted by atomic mass is 9.75. The first-order valence-electron chi connectivity index (χ1n) is 17.9. The number of carbonyl (C=O) groups excluding carboxylic acids is 5. The second kappa shape index (κ2) is 15.5. The molecule has 3 aliphatic rings. The van der Waals surface area contributed by atoms with E-state index in [4.69, 9.17) is 25.9 Å². The molecule has 1 saturated carbocycles. The van der Waals surface area contributed by atoms with Crippen molar-refractivity contribution >= 4 is 46.4 Å². The smallest absolute Gasteiger partial charge is 0.227 e. The Morgan fingerprint density at radius 2 is 1.68 bits per heavy atom. The molecule has 1 aliphatic carbocycles. The number of hydrogen-bond acceptors (Lipinski definition) is 9. The fourth-order valence-corrected chi connectivity index (χ4v) is 7.47. The van der Waals surface area contributed by atoms with Crippen LogP contribution in [0.1, 0.15) is 118 Å². The molecule has 0 aromatic heterocycles. The number of halogens is 1. The van der Waals surface area contributed by atoms with Gasteiger partial charge in [0, 0.05) is 62.0 Å². The highest BCUT2D eigenvalue weighted by Crippen LogP contribution is 2.44. The molecule has 1 aromatic carbocycles. The van der Waals surface area contributed by atoms with Crippen molar-refractivity contribution in [3.8, 4) is 11.5 Å². The van der Waals surface area contributed by atoms with E-state index in [0.717, 1.165) is 12.8 Å². The van der Waals surface area contributed by atoms with E-state index < -0.39 is 40.5 Å². The summed E-state index contributed by atoms with van der Waals surface area (Å²) in [4.78, 5) is 76.2. The van der Waals surface area contributed by atoms with Crippen LogP contribution in [0.15, 0.2) is 17.3 Å². The van der Waals surface area contributed by atoms with Gasteiger partial charge < -0.3 is 19.2 Å². The summed E-state index contributed by atoms with van der Waals surface area (Å²) in [6, 6.07) is 2.43. The minimum atomic E-state index is -1.04. The van der Waals surface area contributed by atoms with Gasteiger partial charge in [0.1, 0.15) is 17.3 Å². The molecule has 1 amide bonds. The Morgan fingerprint density at radius 3 is 2.24 bits per heavy atom. The van der Waals surface area contributed by atoms with Gasteiger partial charge in [0.05, 0.1) is 37.5 Å². The molecule has 2 fully saturated rings. The third kappa shape index (κ3) is 9.53. The molecule has 276 valence electrons. The van der Waals surface area contributed by atoms with Crippen molar-refractivity contribution in [1.82, 2.24) is 4.90 Å². The highest BCUT2D eigenvalue weighted by Gasteiger charge is 2.55. The summed E-state index contributed by atoms with van der Waals surface area (Å²) in [5.41, 5.74) is -0.717. The first kappa shape index (κ1) is 39.5. The maximum Gasteiger partial charge on any atom is 0.227 e. The Labute approximate surface area is 302 Å². The average Bonchev–Trinajstić information content (AvgIpc) is 3.62. The zero-order valence-electron chi connectivity index (χ0n) is 31.3. The number of ether oxygens (including phenoxy) is 2. The molecular formula is C39H55ClN2O8. The van der Waals surface area contributed by atoms with E-state index in [1.54, 1.807) is 17.0 Å². The second-order valence-electron chi connectivity index (χ2n) is 16.9. The first-order valence-corrected chi connectivity index (χ1v) is 18.3. The van der Waals surface area contributed by atoms with Crippen molar-refractivity contribution in [1.29, 1.82) is 0 Å². The van der Waals surface area contributed by atoms with Gasteiger partial charge in [0.15, 0.2) is 17.2 Å². The van der Waals surface area contributed by atoms with Crippen molar-refractivity contribution < 1.29 is 38.3 Å². The van der Waals surface area contributed by atoms with E-state index >= 15 is 0 Å². The Bertz CT molecular complexity index is 1520. The van der Waals surface area contributed by atoms with E-state index in [-0.39, 0.29) is 67.5 Å². The van der Waals surface area contributed by atoms with E-state index in [9.17, 15) is 24.0 Å². The molecule has 2 aliphatic heterocycles.